The number of allylic oxidation sites excluding steroid dienone is 2. The van der Waals surface area contributed by atoms with Crippen LogP contribution in [0.2, 0.25) is 0 Å². The van der Waals surface area contributed by atoms with Gasteiger partial charge in [-0.2, -0.15) is 0 Å². The van der Waals surface area contributed by atoms with Crippen LogP contribution in [0, 0.1) is 0 Å². The SMILES string of the molecule is CCCC/C=C/CCc1ccc(OCC2CO2)cc1. The summed E-state index contributed by atoms with van der Waals surface area (Å²) in [5, 5.41) is 0. The van der Waals surface area contributed by atoms with Crippen LogP contribution in [0.3, 0.4) is 0 Å². The molecular weight excluding hydrogens is 236 g/mol. The molecule has 1 aromatic carbocycles. The van der Waals surface area contributed by atoms with Crippen LogP contribution in [-0.2, 0) is 11.2 Å². The Kier molecular flexibility index (Phi) is 5.96. The zero-order valence-corrected chi connectivity index (χ0v) is 11.8. The Morgan fingerprint density at radius 3 is 2.63 bits per heavy atom. The molecule has 0 bridgehead atoms. The van der Waals surface area contributed by atoms with E-state index in [4.69, 9.17) is 9.47 Å². The monoisotopic (exact) mass is 260 g/mol. The molecule has 2 heteroatoms. The lowest BCUT2D eigenvalue weighted by molar-refractivity contribution is 0.263. The van der Waals surface area contributed by atoms with Gasteiger partial charge in [0.1, 0.15) is 18.5 Å². The summed E-state index contributed by atoms with van der Waals surface area (Å²) in [5.41, 5.74) is 1.37. The minimum absolute atomic E-state index is 0.327. The topological polar surface area (TPSA) is 21.8 Å². The van der Waals surface area contributed by atoms with Crippen molar-refractivity contribution in [2.24, 2.45) is 0 Å². The maximum atomic E-state index is 5.62. The van der Waals surface area contributed by atoms with Gasteiger partial charge in [0.25, 0.3) is 0 Å². The van der Waals surface area contributed by atoms with Crippen molar-refractivity contribution in [3.8, 4) is 5.75 Å². The van der Waals surface area contributed by atoms with E-state index in [1.165, 1.54) is 24.8 Å². The first-order valence-corrected chi connectivity index (χ1v) is 7.37. The fraction of sp³-hybridized carbons (Fsp3) is 0.529. The molecule has 1 unspecified atom stereocenters. The van der Waals surface area contributed by atoms with Gasteiger partial charge in [0.05, 0.1) is 6.61 Å². The van der Waals surface area contributed by atoms with Crippen LogP contribution in [0.15, 0.2) is 36.4 Å². The van der Waals surface area contributed by atoms with E-state index in [1.54, 1.807) is 0 Å². The molecule has 0 aromatic heterocycles. The molecule has 1 heterocycles. The molecule has 1 aliphatic rings. The first-order valence-electron chi connectivity index (χ1n) is 7.37. The predicted molar refractivity (Wildman–Crippen MR) is 78.7 cm³/mol. The Morgan fingerprint density at radius 2 is 1.95 bits per heavy atom. The highest BCUT2D eigenvalue weighted by molar-refractivity contribution is 5.27. The highest BCUT2D eigenvalue weighted by Crippen LogP contribution is 2.16. The van der Waals surface area contributed by atoms with Crippen molar-refractivity contribution in [2.75, 3.05) is 13.2 Å². The first-order chi connectivity index (χ1) is 9.38. The van der Waals surface area contributed by atoms with E-state index >= 15 is 0 Å². The maximum absolute atomic E-state index is 5.62. The Morgan fingerprint density at radius 1 is 1.21 bits per heavy atom. The van der Waals surface area contributed by atoms with Gasteiger partial charge in [-0.15, -0.1) is 0 Å². The van der Waals surface area contributed by atoms with Crippen LogP contribution in [0.5, 0.6) is 5.75 Å². The molecule has 0 radical (unpaired) electrons. The molecule has 1 aromatic rings. The first kappa shape index (κ1) is 14.1. The van der Waals surface area contributed by atoms with Crippen molar-refractivity contribution in [2.45, 2.75) is 45.1 Å². The molecule has 0 saturated carbocycles. The highest BCUT2D eigenvalue weighted by Gasteiger charge is 2.22. The molecule has 2 rings (SSSR count). The molecule has 0 spiro atoms. The second-order valence-electron chi connectivity index (χ2n) is 5.06. The van der Waals surface area contributed by atoms with Crippen LogP contribution < -0.4 is 4.74 Å². The number of unbranched alkanes of at least 4 members (excludes halogenated alkanes) is 2. The van der Waals surface area contributed by atoms with Crippen molar-refractivity contribution in [3.63, 3.8) is 0 Å². The summed E-state index contributed by atoms with van der Waals surface area (Å²) in [6, 6.07) is 8.42. The Balaban J connectivity index is 1.64. The third-order valence-electron chi connectivity index (χ3n) is 3.25. The normalized spacial score (nSPS) is 17.8. The summed E-state index contributed by atoms with van der Waals surface area (Å²) in [4.78, 5) is 0. The van der Waals surface area contributed by atoms with Crippen LogP contribution in [-0.4, -0.2) is 19.3 Å². The van der Waals surface area contributed by atoms with Gasteiger partial charge in [0.2, 0.25) is 0 Å². The minimum Gasteiger partial charge on any atom is -0.491 e. The largest absolute Gasteiger partial charge is 0.491 e. The molecule has 19 heavy (non-hydrogen) atoms. The van der Waals surface area contributed by atoms with E-state index in [0.29, 0.717) is 12.7 Å². The average molecular weight is 260 g/mol. The number of epoxide rings is 1. The molecular formula is C17H24O2. The Hall–Kier alpha value is -1.28. The zero-order chi connectivity index (χ0) is 13.3. The van der Waals surface area contributed by atoms with Crippen LogP contribution >= 0.6 is 0 Å². The van der Waals surface area contributed by atoms with E-state index < -0.39 is 0 Å². The summed E-state index contributed by atoms with van der Waals surface area (Å²) in [7, 11) is 0. The zero-order valence-electron chi connectivity index (χ0n) is 11.8. The maximum Gasteiger partial charge on any atom is 0.119 e. The van der Waals surface area contributed by atoms with Gasteiger partial charge in [0.15, 0.2) is 0 Å². The van der Waals surface area contributed by atoms with Gasteiger partial charge >= 0.3 is 0 Å². The lowest BCUT2D eigenvalue weighted by Gasteiger charge is -2.05. The predicted octanol–water partition coefficient (Wildman–Crippen LogP) is 4.14. The number of hydrogen-bond donors (Lipinski definition) is 0. The summed E-state index contributed by atoms with van der Waals surface area (Å²) in [6.07, 6.45) is 10.9. The quantitative estimate of drug-likeness (QED) is 0.378. The third kappa shape index (κ3) is 5.93. The standard InChI is InChI=1S/C17H24O2/c1-2-3-4-5-6-7-8-15-9-11-16(12-10-15)18-13-17-14-19-17/h5-6,9-12,17H,2-4,7-8,13-14H2,1H3/b6-5+. The number of ether oxygens (including phenoxy) is 2. The van der Waals surface area contributed by atoms with Crippen LogP contribution in [0.1, 0.15) is 38.2 Å². The lowest BCUT2D eigenvalue weighted by Crippen LogP contribution is -2.03. The molecule has 1 saturated heterocycles. The third-order valence-corrected chi connectivity index (χ3v) is 3.25. The Bertz CT molecular complexity index is 377. The molecule has 104 valence electrons. The summed E-state index contributed by atoms with van der Waals surface area (Å²) < 4.78 is 10.7. The summed E-state index contributed by atoms with van der Waals surface area (Å²) in [5.74, 6) is 0.942. The van der Waals surface area contributed by atoms with E-state index in [9.17, 15) is 0 Å². The molecule has 0 N–H and O–H groups in total. The lowest BCUT2D eigenvalue weighted by atomic mass is 10.1. The fourth-order valence-corrected chi connectivity index (χ4v) is 1.91. The van der Waals surface area contributed by atoms with Gasteiger partial charge in [-0.25, -0.2) is 0 Å². The number of rotatable bonds is 9. The summed E-state index contributed by atoms with van der Waals surface area (Å²) >= 11 is 0. The van der Waals surface area contributed by atoms with E-state index in [-0.39, 0.29) is 0 Å². The van der Waals surface area contributed by atoms with Crippen molar-refractivity contribution < 1.29 is 9.47 Å². The van der Waals surface area contributed by atoms with E-state index in [2.05, 4.69) is 43.3 Å². The van der Waals surface area contributed by atoms with Gasteiger partial charge < -0.3 is 9.47 Å². The van der Waals surface area contributed by atoms with Crippen LogP contribution in [0.25, 0.3) is 0 Å². The number of benzene rings is 1. The minimum atomic E-state index is 0.327. The molecule has 1 atom stereocenters. The van der Waals surface area contributed by atoms with Crippen molar-refractivity contribution >= 4 is 0 Å². The van der Waals surface area contributed by atoms with Gasteiger partial charge in [-0.3, -0.25) is 0 Å². The second-order valence-corrected chi connectivity index (χ2v) is 5.06. The van der Waals surface area contributed by atoms with Gasteiger partial charge in [0, 0.05) is 0 Å². The van der Waals surface area contributed by atoms with Crippen molar-refractivity contribution in [1.82, 2.24) is 0 Å². The van der Waals surface area contributed by atoms with Crippen molar-refractivity contribution in [1.29, 1.82) is 0 Å². The van der Waals surface area contributed by atoms with Gasteiger partial charge in [-0.1, -0.05) is 44.1 Å². The average Bonchev–Trinajstić information content (AvgIpc) is 3.26. The number of aryl methyl sites for hydroxylation is 1. The van der Waals surface area contributed by atoms with E-state index in [0.717, 1.165) is 25.2 Å². The Labute approximate surface area is 116 Å². The van der Waals surface area contributed by atoms with Crippen LogP contribution in [0.4, 0.5) is 0 Å². The molecule has 1 aliphatic heterocycles. The molecule has 0 amide bonds. The highest BCUT2D eigenvalue weighted by atomic mass is 16.6. The van der Waals surface area contributed by atoms with Crippen molar-refractivity contribution in [3.05, 3.63) is 42.0 Å². The second kappa shape index (κ2) is 8.00. The van der Waals surface area contributed by atoms with E-state index in [1.807, 2.05) is 0 Å². The van der Waals surface area contributed by atoms with Gasteiger partial charge in [-0.05, 0) is 37.0 Å². The number of hydrogen-bond acceptors (Lipinski definition) is 2. The molecule has 2 nitrogen and oxygen atoms in total. The fourth-order valence-electron chi connectivity index (χ4n) is 1.91. The molecule has 0 aliphatic carbocycles. The smallest absolute Gasteiger partial charge is 0.119 e. The summed E-state index contributed by atoms with van der Waals surface area (Å²) in [6.45, 7) is 3.76. The molecule has 1 fully saturated rings.